The molecule has 1 aliphatic carbocycles. The van der Waals surface area contributed by atoms with Crippen molar-refractivity contribution in [2.45, 2.75) is 12.8 Å². The first-order valence-corrected chi connectivity index (χ1v) is 6.07. The second-order valence-electron chi connectivity index (χ2n) is 4.48. The monoisotopic (exact) mass is 245 g/mol. The van der Waals surface area contributed by atoms with E-state index in [1.165, 1.54) is 12.8 Å². The summed E-state index contributed by atoms with van der Waals surface area (Å²) in [6, 6.07) is 8.09. The zero-order chi connectivity index (χ0) is 12.4. The molecule has 2 aromatic rings. The van der Waals surface area contributed by atoms with Gasteiger partial charge in [-0.05, 0) is 30.9 Å². The van der Waals surface area contributed by atoms with E-state index in [4.69, 9.17) is 9.26 Å². The fourth-order valence-corrected chi connectivity index (χ4v) is 1.73. The molecule has 0 radical (unpaired) electrons. The summed E-state index contributed by atoms with van der Waals surface area (Å²) >= 11 is 0. The van der Waals surface area contributed by atoms with Crippen LogP contribution in [0.2, 0.25) is 0 Å². The average molecular weight is 245 g/mol. The highest BCUT2D eigenvalue weighted by molar-refractivity contribution is 5.57. The summed E-state index contributed by atoms with van der Waals surface area (Å²) in [5, 5.41) is 7.11. The van der Waals surface area contributed by atoms with E-state index in [1.807, 2.05) is 24.3 Å². The van der Waals surface area contributed by atoms with Crippen LogP contribution < -0.4 is 10.1 Å². The number of methoxy groups -OCH3 is 1. The molecule has 18 heavy (non-hydrogen) atoms. The first-order chi connectivity index (χ1) is 8.85. The Morgan fingerprint density at radius 1 is 1.44 bits per heavy atom. The minimum absolute atomic E-state index is 0.486. The van der Waals surface area contributed by atoms with Crippen LogP contribution in [-0.2, 0) is 0 Å². The molecule has 0 atom stereocenters. The van der Waals surface area contributed by atoms with E-state index in [-0.39, 0.29) is 0 Å². The molecule has 0 bridgehead atoms. The van der Waals surface area contributed by atoms with Gasteiger partial charge in [-0.3, -0.25) is 0 Å². The van der Waals surface area contributed by atoms with Gasteiger partial charge in [-0.2, -0.15) is 4.98 Å². The largest absolute Gasteiger partial charge is 0.497 e. The highest BCUT2D eigenvalue weighted by Gasteiger charge is 2.21. The van der Waals surface area contributed by atoms with Crippen molar-refractivity contribution in [1.82, 2.24) is 10.1 Å². The lowest BCUT2D eigenvalue weighted by Gasteiger charge is -2.00. The van der Waals surface area contributed by atoms with Crippen LogP contribution in [0.3, 0.4) is 0 Å². The molecular formula is C13H15N3O2. The van der Waals surface area contributed by atoms with E-state index < -0.39 is 0 Å². The Hall–Kier alpha value is -2.04. The van der Waals surface area contributed by atoms with Gasteiger partial charge in [-0.15, -0.1) is 0 Å². The zero-order valence-electron chi connectivity index (χ0n) is 10.2. The summed E-state index contributed by atoms with van der Waals surface area (Å²) < 4.78 is 10.3. The Morgan fingerprint density at radius 3 is 3.11 bits per heavy atom. The first kappa shape index (κ1) is 11.1. The molecule has 94 valence electrons. The third-order valence-electron chi connectivity index (χ3n) is 2.99. The van der Waals surface area contributed by atoms with Crippen LogP contribution in [0.25, 0.3) is 11.4 Å². The molecule has 5 nitrogen and oxygen atoms in total. The maximum absolute atomic E-state index is 5.17. The Morgan fingerprint density at radius 2 is 2.33 bits per heavy atom. The first-order valence-electron chi connectivity index (χ1n) is 6.07. The molecule has 1 saturated carbocycles. The van der Waals surface area contributed by atoms with Gasteiger partial charge in [0.2, 0.25) is 5.82 Å². The number of aromatic nitrogens is 2. The number of hydrogen-bond acceptors (Lipinski definition) is 5. The highest BCUT2D eigenvalue weighted by Crippen LogP contribution is 2.29. The summed E-state index contributed by atoms with van der Waals surface area (Å²) in [7, 11) is 1.64. The van der Waals surface area contributed by atoms with E-state index in [0.29, 0.717) is 11.8 Å². The standard InChI is InChI=1S/C13H15N3O2/c1-17-11-4-2-3-10(7-11)12-15-13(18-16-12)14-8-9-5-6-9/h2-4,7,9H,5-6,8H2,1H3,(H,14,15,16). The fraction of sp³-hybridized carbons (Fsp3) is 0.385. The molecule has 5 heteroatoms. The maximum atomic E-state index is 5.17. The number of hydrogen-bond donors (Lipinski definition) is 1. The summed E-state index contributed by atoms with van der Waals surface area (Å²) in [6.07, 6.45) is 2.59. The number of nitrogens with zero attached hydrogens (tertiary/aromatic N) is 2. The van der Waals surface area contributed by atoms with Gasteiger partial charge in [0.1, 0.15) is 5.75 Å². The van der Waals surface area contributed by atoms with Gasteiger partial charge in [0, 0.05) is 12.1 Å². The normalized spacial score (nSPS) is 14.5. The van der Waals surface area contributed by atoms with Crippen LogP contribution in [0.1, 0.15) is 12.8 Å². The van der Waals surface area contributed by atoms with Gasteiger partial charge < -0.3 is 14.6 Å². The van der Waals surface area contributed by atoms with Crippen molar-refractivity contribution < 1.29 is 9.26 Å². The SMILES string of the molecule is COc1cccc(-c2noc(NCC3CC3)n2)c1. The van der Waals surface area contributed by atoms with Crippen LogP contribution in [-0.4, -0.2) is 23.8 Å². The maximum Gasteiger partial charge on any atom is 0.321 e. The number of rotatable bonds is 5. The molecule has 1 aliphatic rings. The van der Waals surface area contributed by atoms with Crippen LogP contribution in [0, 0.1) is 5.92 Å². The molecule has 0 saturated heterocycles. The number of nitrogens with one attached hydrogen (secondary N) is 1. The van der Waals surface area contributed by atoms with Crippen LogP contribution in [0.5, 0.6) is 5.75 Å². The molecule has 1 N–H and O–H groups in total. The van der Waals surface area contributed by atoms with Gasteiger partial charge in [0.25, 0.3) is 0 Å². The van der Waals surface area contributed by atoms with Crippen molar-refractivity contribution in [2.24, 2.45) is 5.92 Å². The molecule has 1 aromatic heterocycles. The third kappa shape index (κ3) is 2.45. The number of benzene rings is 1. The molecule has 3 rings (SSSR count). The Bertz CT molecular complexity index is 535. The minimum atomic E-state index is 0.486. The van der Waals surface area contributed by atoms with E-state index in [2.05, 4.69) is 15.5 Å². The second-order valence-corrected chi connectivity index (χ2v) is 4.48. The zero-order valence-corrected chi connectivity index (χ0v) is 10.2. The topological polar surface area (TPSA) is 60.2 Å². The molecular weight excluding hydrogens is 230 g/mol. The molecule has 1 heterocycles. The molecule has 0 unspecified atom stereocenters. The van der Waals surface area contributed by atoms with E-state index in [9.17, 15) is 0 Å². The highest BCUT2D eigenvalue weighted by atomic mass is 16.5. The number of anilines is 1. The van der Waals surface area contributed by atoms with Gasteiger partial charge in [-0.1, -0.05) is 17.3 Å². The predicted molar refractivity (Wildman–Crippen MR) is 67.5 cm³/mol. The Kier molecular flexibility index (Phi) is 2.88. The summed E-state index contributed by atoms with van der Waals surface area (Å²) in [5.41, 5.74) is 0.887. The van der Waals surface area contributed by atoms with Gasteiger partial charge in [0.15, 0.2) is 0 Å². The average Bonchev–Trinajstić information content (AvgIpc) is 3.13. The molecule has 1 aromatic carbocycles. The van der Waals surface area contributed by atoms with Crippen molar-refractivity contribution >= 4 is 6.01 Å². The van der Waals surface area contributed by atoms with Gasteiger partial charge >= 0.3 is 6.01 Å². The Labute approximate surface area is 105 Å². The van der Waals surface area contributed by atoms with E-state index in [1.54, 1.807) is 7.11 Å². The number of ether oxygens (including phenoxy) is 1. The molecule has 1 fully saturated rings. The summed E-state index contributed by atoms with van der Waals surface area (Å²) in [6.45, 7) is 0.916. The lowest BCUT2D eigenvalue weighted by Crippen LogP contribution is -2.02. The Balaban J connectivity index is 1.74. The van der Waals surface area contributed by atoms with E-state index >= 15 is 0 Å². The minimum Gasteiger partial charge on any atom is -0.497 e. The second kappa shape index (κ2) is 4.68. The van der Waals surface area contributed by atoms with Crippen molar-refractivity contribution in [3.63, 3.8) is 0 Å². The van der Waals surface area contributed by atoms with Crippen molar-refractivity contribution in [2.75, 3.05) is 19.0 Å². The van der Waals surface area contributed by atoms with Crippen LogP contribution >= 0.6 is 0 Å². The van der Waals surface area contributed by atoms with Crippen molar-refractivity contribution in [3.8, 4) is 17.1 Å². The third-order valence-corrected chi connectivity index (χ3v) is 2.99. The predicted octanol–water partition coefficient (Wildman–Crippen LogP) is 2.57. The van der Waals surface area contributed by atoms with Crippen molar-refractivity contribution in [3.05, 3.63) is 24.3 Å². The van der Waals surface area contributed by atoms with Gasteiger partial charge in [0.05, 0.1) is 7.11 Å². The van der Waals surface area contributed by atoms with Crippen LogP contribution in [0.4, 0.5) is 6.01 Å². The quantitative estimate of drug-likeness (QED) is 0.877. The van der Waals surface area contributed by atoms with Crippen molar-refractivity contribution in [1.29, 1.82) is 0 Å². The molecule has 0 amide bonds. The fourth-order valence-electron chi connectivity index (χ4n) is 1.73. The summed E-state index contributed by atoms with van der Waals surface area (Å²) in [5.74, 6) is 2.13. The lowest BCUT2D eigenvalue weighted by atomic mass is 10.2. The summed E-state index contributed by atoms with van der Waals surface area (Å²) in [4.78, 5) is 4.31. The molecule has 0 aliphatic heterocycles. The molecule has 0 spiro atoms. The van der Waals surface area contributed by atoms with Crippen LogP contribution in [0.15, 0.2) is 28.8 Å². The lowest BCUT2D eigenvalue weighted by molar-refractivity contribution is 0.414. The smallest absolute Gasteiger partial charge is 0.321 e. The van der Waals surface area contributed by atoms with E-state index in [0.717, 1.165) is 23.8 Å². The van der Waals surface area contributed by atoms with Gasteiger partial charge in [-0.25, -0.2) is 0 Å².